The first-order valence-corrected chi connectivity index (χ1v) is 8.02. The Balaban J connectivity index is 1.46. The molecule has 2 saturated carbocycles. The smallest absolute Gasteiger partial charge is 0.241 e. The average Bonchev–Trinajstić information content (AvgIpc) is 3.34. The summed E-state index contributed by atoms with van der Waals surface area (Å²) in [5.74, 6) is -1.17. The number of likely N-dealkylation sites (tertiary alicyclic amines) is 1. The Morgan fingerprint density at radius 1 is 0.955 bits per heavy atom. The van der Waals surface area contributed by atoms with E-state index in [-0.39, 0.29) is 54.3 Å². The number of carbonyl (C=O) groups excluding carboxylic acids is 4. The van der Waals surface area contributed by atoms with Gasteiger partial charge in [0.2, 0.25) is 23.6 Å². The van der Waals surface area contributed by atoms with Crippen LogP contribution in [0.15, 0.2) is 0 Å². The van der Waals surface area contributed by atoms with Crippen LogP contribution in [0.1, 0.15) is 44.9 Å². The quantitative estimate of drug-likeness (QED) is 0.569. The Kier molecular flexibility index (Phi) is 4.13. The van der Waals surface area contributed by atoms with Crippen LogP contribution in [0, 0.1) is 17.8 Å². The summed E-state index contributed by atoms with van der Waals surface area (Å²) in [7, 11) is 0. The van der Waals surface area contributed by atoms with Crippen LogP contribution in [-0.2, 0) is 19.2 Å². The zero-order valence-corrected chi connectivity index (χ0v) is 12.5. The SMILES string of the molecule is O=C(CCN1C(=O)[C@H]2CCCC[C@H]2C1=O)NNC(=O)C1CC1. The van der Waals surface area contributed by atoms with Crippen molar-refractivity contribution in [1.82, 2.24) is 15.8 Å². The molecular weight excluding hydrogens is 286 g/mol. The van der Waals surface area contributed by atoms with Crippen molar-refractivity contribution in [2.45, 2.75) is 44.9 Å². The van der Waals surface area contributed by atoms with Gasteiger partial charge >= 0.3 is 0 Å². The molecule has 0 radical (unpaired) electrons. The van der Waals surface area contributed by atoms with Gasteiger partial charge in [-0.25, -0.2) is 0 Å². The topological polar surface area (TPSA) is 95.6 Å². The third-order valence-electron chi connectivity index (χ3n) is 4.77. The lowest BCUT2D eigenvalue weighted by Gasteiger charge is -2.19. The maximum absolute atomic E-state index is 12.2. The lowest BCUT2D eigenvalue weighted by Crippen LogP contribution is -2.44. The molecule has 4 amide bonds. The van der Waals surface area contributed by atoms with Crippen molar-refractivity contribution in [1.29, 1.82) is 0 Å². The van der Waals surface area contributed by atoms with Crippen LogP contribution in [0.2, 0.25) is 0 Å². The summed E-state index contributed by atoms with van der Waals surface area (Å²) in [6, 6.07) is 0. The molecule has 7 nitrogen and oxygen atoms in total. The van der Waals surface area contributed by atoms with Crippen molar-refractivity contribution in [3.05, 3.63) is 0 Å². The first-order chi connectivity index (χ1) is 10.6. The van der Waals surface area contributed by atoms with E-state index in [1.54, 1.807) is 0 Å². The normalized spacial score (nSPS) is 27.5. The van der Waals surface area contributed by atoms with Gasteiger partial charge in [-0.3, -0.25) is 34.9 Å². The summed E-state index contributed by atoms with van der Waals surface area (Å²) in [5.41, 5.74) is 4.70. The van der Waals surface area contributed by atoms with E-state index in [0.717, 1.165) is 38.5 Å². The van der Waals surface area contributed by atoms with Gasteiger partial charge in [0, 0.05) is 18.9 Å². The molecule has 2 aliphatic carbocycles. The monoisotopic (exact) mass is 307 g/mol. The third kappa shape index (κ3) is 2.98. The van der Waals surface area contributed by atoms with E-state index in [0.29, 0.717) is 0 Å². The summed E-state index contributed by atoms with van der Waals surface area (Å²) in [6.07, 6.45) is 5.26. The Morgan fingerprint density at radius 2 is 1.55 bits per heavy atom. The van der Waals surface area contributed by atoms with Crippen molar-refractivity contribution in [2.75, 3.05) is 6.54 Å². The van der Waals surface area contributed by atoms with E-state index in [1.165, 1.54) is 4.90 Å². The minimum absolute atomic E-state index is 0.0157. The molecule has 2 N–H and O–H groups in total. The van der Waals surface area contributed by atoms with Crippen LogP contribution in [0.25, 0.3) is 0 Å². The second-order valence-corrected chi connectivity index (χ2v) is 6.39. The number of hydrazine groups is 1. The number of hydrogen-bond acceptors (Lipinski definition) is 4. The Bertz CT molecular complexity index is 491. The highest BCUT2D eigenvalue weighted by Gasteiger charge is 2.47. The van der Waals surface area contributed by atoms with Gasteiger partial charge in [-0.15, -0.1) is 0 Å². The van der Waals surface area contributed by atoms with Crippen molar-refractivity contribution in [3.63, 3.8) is 0 Å². The molecule has 2 atom stereocenters. The van der Waals surface area contributed by atoms with Crippen LogP contribution in [0.4, 0.5) is 0 Å². The van der Waals surface area contributed by atoms with Gasteiger partial charge in [0.05, 0.1) is 11.8 Å². The highest BCUT2D eigenvalue weighted by Crippen LogP contribution is 2.37. The van der Waals surface area contributed by atoms with Crippen LogP contribution in [-0.4, -0.2) is 35.1 Å². The highest BCUT2D eigenvalue weighted by molar-refractivity contribution is 6.05. The standard InChI is InChI=1S/C15H21N3O4/c19-12(16-17-13(20)9-5-6-9)7-8-18-14(21)10-3-1-2-4-11(10)15(18)22/h9-11H,1-8H2,(H,16,19)(H,17,20)/t10-,11+. The number of imide groups is 1. The molecular formula is C15H21N3O4. The number of nitrogens with one attached hydrogen (secondary N) is 2. The second-order valence-electron chi connectivity index (χ2n) is 6.39. The van der Waals surface area contributed by atoms with Gasteiger partial charge in [0.15, 0.2) is 0 Å². The molecule has 0 bridgehead atoms. The van der Waals surface area contributed by atoms with E-state index in [2.05, 4.69) is 10.9 Å². The summed E-state index contributed by atoms with van der Waals surface area (Å²) in [5, 5.41) is 0. The van der Waals surface area contributed by atoms with Crippen molar-refractivity contribution >= 4 is 23.6 Å². The van der Waals surface area contributed by atoms with E-state index >= 15 is 0 Å². The van der Waals surface area contributed by atoms with E-state index in [1.807, 2.05) is 0 Å². The Labute approximate surface area is 128 Å². The fraction of sp³-hybridized carbons (Fsp3) is 0.733. The summed E-state index contributed by atoms with van der Waals surface area (Å²) >= 11 is 0. The molecule has 0 aromatic rings. The van der Waals surface area contributed by atoms with Gasteiger partial charge < -0.3 is 0 Å². The van der Waals surface area contributed by atoms with E-state index < -0.39 is 0 Å². The fourth-order valence-electron chi connectivity index (χ4n) is 3.31. The molecule has 1 saturated heterocycles. The fourth-order valence-corrected chi connectivity index (χ4v) is 3.31. The lowest BCUT2D eigenvalue weighted by molar-refractivity contribution is -0.140. The van der Waals surface area contributed by atoms with Gasteiger partial charge in [-0.1, -0.05) is 12.8 Å². The predicted octanol–water partition coefficient (Wildman–Crippen LogP) is 0.109. The molecule has 120 valence electrons. The largest absolute Gasteiger partial charge is 0.282 e. The molecule has 1 heterocycles. The van der Waals surface area contributed by atoms with Gasteiger partial charge in [0.1, 0.15) is 0 Å². The van der Waals surface area contributed by atoms with Gasteiger partial charge in [-0.05, 0) is 25.7 Å². The maximum atomic E-state index is 12.2. The van der Waals surface area contributed by atoms with Crippen molar-refractivity contribution < 1.29 is 19.2 Å². The number of rotatable bonds is 4. The van der Waals surface area contributed by atoms with Gasteiger partial charge in [0.25, 0.3) is 0 Å². The summed E-state index contributed by atoms with van der Waals surface area (Å²) < 4.78 is 0. The maximum Gasteiger partial charge on any atom is 0.241 e. The molecule has 3 aliphatic rings. The van der Waals surface area contributed by atoms with Crippen LogP contribution in [0.5, 0.6) is 0 Å². The van der Waals surface area contributed by atoms with Crippen LogP contribution < -0.4 is 10.9 Å². The number of carbonyl (C=O) groups is 4. The minimum atomic E-state index is -0.385. The number of nitrogens with zero attached hydrogens (tertiary/aromatic N) is 1. The minimum Gasteiger partial charge on any atom is -0.282 e. The first kappa shape index (κ1) is 15.0. The number of fused-ring (bicyclic) bond motifs is 1. The molecule has 0 aromatic carbocycles. The summed E-state index contributed by atoms with van der Waals surface area (Å²) in [4.78, 5) is 48.8. The second kappa shape index (κ2) is 6.06. The van der Waals surface area contributed by atoms with E-state index in [4.69, 9.17) is 0 Å². The zero-order chi connectivity index (χ0) is 15.7. The lowest BCUT2D eigenvalue weighted by atomic mass is 9.81. The summed E-state index contributed by atoms with van der Waals surface area (Å²) in [6.45, 7) is 0.0931. The molecule has 0 spiro atoms. The Hall–Kier alpha value is -1.92. The molecule has 3 fully saturated rings. The molecule has 0 unspecified atom stereocenters. The number of hydrogen-bond donors (Lipinski definition) is 2. The van der Waals surface area contributed by atoms with Gasteiger partial charge in [-0.2, -0.15) is 0 Å². The Morgan fingerprint density at radius 3 is 2.09 bits per heavy atom. The third-order valence-corrected chi connectivity index (χ3v) is 4.77. The highest BCUT2D eigenvalue weighted by atomic mass is 16.2. The van der Waals surface area contributed by atoms with Crippen LogP contribution in [0.3, 0.4) is 0 Å². The molecule has 1 aliphatic heterocycles. The van der Waals surface area contributed by atoms with Crippen molar-refractivity contribution in [2.24, 2.45) is 17.8 Å². The van der Waals surface area contributed by atoms with Crippen LogP contribution >= 0.6 is 0 Å². The predicted molar refractivity (Wildman–Crippen MR) is 75.8 cm³/mol. The average molecular weight is 307 g/mol. The van der Waals surface area contributed by atoms with Crippen molar-refractivity contribution in [3.8, 4) is 0 Å². The zero-order valence-electron chi connectivity index (χ0n) is 12.5. The molecule has 7 heteroatoms. The number of amides is 4. The molecule has 0 aromatic heterocycles. The van der Waals surface area contributed by atoms with E-state index in [9.17, 15) is 19.2 Å². The molecule has 3 rings (SSSR count). The molecule has 22 heavy (non-hydrogen) atoms. The first-order valence-electron chi connectivity index (χ1n) is 8.02.